The molecule has 0 spiro atoms. The van der Waals surface area contributed by atoms with Gasteiger partial charge in [-0.2, -0.15) is 0 Å². The largest absolute Gasteiger partial charge is 0.490 e. The van der Waals surface area contributed by atoms with Crippen molar-refractivity contribution in [2.24, 2.45) is 4.99 Å². The number of hydrogen-bond donors (Lipinski definition) is 0. The summed E-state index contributed by atoms with van der Waals surface area (Å²) in [5.74, 6) is 0.967. The van der Waals surface area contributed by atoms with Gasteiger partial charge in [-0.05, 0) is 30.8 Å². The molecule has 0 radical (unpaired) electrons. The predicted molar refractivity (Wildman–Crippen MR) is 99.6 cm³/mol. The summed E-state index contributed by atoms with van der Waals surface area (Å²) in [7, 11) is 0. The van der Waals surface area contributed by atoms with E-state index in [9.17, 15) is 9.59 Å². The van der Waals surface area contributed by atoms with Crippen LogP contribution < -0.4 is 9.47 Å². The van der Waals surface area contributed by atoms with Gasteiger partial charge in [0.15, 0.2) is 11.5 Å². The molecule has 0 atom stereocenters. The maximum absolute atomic E-state index is 12.1. The Bertz CT molecular complexity index is 725. The molecule has 0 fully saturated rings. The van der Waals surface area contributed by atoms with Crippen molar-refractivity contribution in [3.05, 3.63) is 42.1 Å². The molecule has 7 heteroatoms. The van der Waals surface area contributed by atoms with E-state index in [1.807, 2.05) is 6.92 Å². The summed E-state index contributed by atoms with van der Waals surface area (Å²) in [4.78, 5) is 27.8. The molecular weight excluding hydrogens is 346 g/mol. The first-order valence-electron chi connectivity index (χ1n) is 7.25. The Hall–Kier alpha value is -1.99. The number of hydrogen-bond acceptors (Lipinski definition) is 7. The fourth-order valence-electron chi connectivity index (χ4n) is 1.90. The number of nitrogens with zero attached hydrogens (tertiary/aromatic N) is 1. The third-order valence-corrected chi connectivity index (χ3v) is 4.78. The number of aliphatic imine (C=N–C) groups is 1. The van der Waals surface area contributed by atoms with Crippen LogP contribution >= 0.6 is 23.5 Å². The Balaban J connectivity index is 2.38. The standard InChI is InChI=1S/C17H17NO4S2/c1-4-9-23-17-18-13(16(20)24-17)10-12-7-6-8-14(21-5-2)15(12)22-11(3)19/h4,6-8,10H,1,5,9H2,2-3H3. The summed E-state index contributed by atoms with van der Waals surface area (Å²) in [6, 6.07) is 5.23. The number of ether oxygens (including phenoxy) is 2. The van der Waals surface area contributed by atoms with E-state index in [0.29, 0.717) is 39.5 Å². The normalized spacial score (nSPS) is 15.3. The van der Waals surface area contributed by atoms with Gasteiger partial charge in [-0.15, -0.1) is 6.58 Å². The summed E-state index contributed by atoms with van der Waals surface area (Å²) in [5, 5.41) is -0.142. The highest BCUT2D eigenvalue weighted by atomic mass is 32.2. The van der Waals surface area contributed by atoms with Gasteiger partial charge < -0.3 is 9.47 Å². The molecule has 5 nitrogen and oxygen atoms in total. The molecule has 0 aromatic heterocycles. The lowest BCUT2D eigenvalue weighted by Crippen LogP contribution is -2.05. The van der Waals surface area contributed by atoms with Gasteiger partial charge in [0.2, 0.25) is 5.12 Å². The van der Waals surface area contributed by atoms with Gasteiger partial charge in [-0.3, -0.25) is 9.59 Å². The molecule has 0 aliphatic carbocycles. The molecule has 0 bridgehead atoms. The molecular formula is C17H17NO4S2. The van der Waals surface area contributed by atoms with Gasteiger partial charge in [0.05, 0.1) is 6.61 Å². The second-order valence-electron chi connectivity index (χ2n) is 4.60. The van der Waals surface area contributed by atoms with Crippen LogP contribution in [0.2, 0.25) is 0 Å². The first-order chi connectivity index (χ1) is 11.5. The van der Waals surface area contributed by atoms with E-state index in [0.717, 1.165) is 11.8 Å². The van der Waals surface area contributed by atoms with E-state index < -0.39 is 5.97 Å². The lowest BCUT2D eigenvalue weighted by molar-refractivity contribution is -0.132. The molecule has 1 aromatic rings. The van der Waals surface area contributed by atoms with Crippen molar-refractivity contribution >= 4 is 45.1 Å². The monoisotopic (exact) mass is 363 g/mol. The fraction of sp³-hybridized carbons (Fsp3) is 0.235. The second-order valence-corrected chi connectivity index (χ2v) is 6.83. The van der Waals surface area contributed by atoms with E-state index in [4.69, 9.17) is 9.47 Å². The average Bonchev–Trinajstić information content (AvgIpc) is 2.88. The summed E-state index contributed by atoms with van der Waals surface area (Å²) in [5.41, 5.74) is 0.882. The fourth-order valence-corrected chi connectivity index (χ4v) is 3.50. The minimum Gasteiger partial charge on any atom is -0.490 e. The first-order valence-corrected chi connectivity index (χ1v) is 9.05. The topological polar surface area (TPSA) is 65.0 Å². The highest BCUT2D eigenvalue weighted by molar-refractivity contribution is 8.45. The molecule has 1 aliphatic rings. The molecule has 1 aromatic carbocycles. The molecule has 1 aliphatic heterocycles. The molecule has 0 saturated heterocycles. The molecule has 0 N–H and O–H groups in total. The number of carbonyl (C=O) groups excluding carboxylic acids is 2. The number of rotatable bonds is 6. The number of esters is 1. The zero-order valence-electron chi connectivity index (χ0n) is 13.4. The maximum Gasteiger partial charge on any atom is 0.308 e. The highest BCUT2D eigenvalue weighted by Crippen LogP contribution is 2.36. The van der Waals surface area contributed by atoms with E-state index in [2.05, 4.69) is 11.6 Å². The van der Waals surface area contributed by atoms with Crippen LogP contribution in [0.5, 0.6) is 11.5 Å². The first kappa shape index (κ1) is 18.4. The van der Waals surface area contributed by atoms with Crippen LogP contribution in [-0.2, 0) is 9.59 Å². The Morgan fingerprint density at radius 2 is 2.25 bits per heavy atom. The molecule has 0 amide bonds. The van der Waals surface area contributed by atoms with Crippen LogP contribution in [0.25, 0.3) is 6.08 Å². The maximum atomic E-state index is 12.1. The van der Waals surface area contributed by atoms with Gasteiger partial charge in [0.25, 0.3) is 0 Å². The third-order valence-electron chi connectivity index (χ3n) is 2.77. The van der Waals surface area contributed by atoms with Crippen LogP contribution in [0, 0.1) is 0 Å². The number of benzene rings is 1. The molecule has 24 heavy (non-hydrogen) atoms. The van der Waals surface area contributed by atoms with Crippen LogP contribution in [0.3, 0.4) is 0 Å². The Labute approximate surface area is 149 Å². The summed E-state index contributed by atoms with van der Waals surface area (Å²) in [6.07, 6.45) is 3.36. The zero-order chi connectivity index (χ0) is 17.5. The van der Waals surface area contributed by atoms with Crippen molar-refractivity contribution in [2.45, 2.75) is 13.8 Å². The van der Waals surface area contributed by atoms with Crippen LogP contribution in [0.1, 0.15) is 19.4 Å². The number of thioether (sulfide) groups is 2. The summed E-state index contributed by atoms with van der Waals surface area (Å²) in [6.45, 7) is 7.24. The summed E-state index contributed by atoms with van der Waals surface area (Å²) < 4.78 is 11.5. The van der Waals surface area contributed by atoms with Crippen molar-refractivity contribution in [3.63, 3.8) is 0 Å². The Morgan fingerprint density at radius 3 is 2.92 bits per heavy atom. The Morgan fingerprint density at radius 1 is 1.46 bits per heavy atom. The molecule has 2 rings (SSSR count). The lowest BCUT2D eigenvalue weighted by Gasteiger charge is -2.12. The van der Waals surface area contributed by atoms with Crippen LogP contribution in [0.15, 0.2) is 41.5 Å². The quantitative estimate of drug-likeness (QED) is 0.331. The smallest absolute Gasteiger partial charge is 0.308 e. The molecule has 0 saturated carbocycles. The highest BCUT2D eigenvalue weighted by Gasteiger charge is 2.23. The SMILES string of the molecule is C=CCSC1=NC(=Cc2cccc(OCC)c2OC(C)=O)C(=O)S1. The van der Waals surface area contributed by atoms with E-state index >= 15 is 0 Å². The molecule has 0 unspecified atom stereocenters. The van der Waals surface area contributed by atoms with Gasteiger partial charge in [-0.25, -0.2) is 4.99 Å². The Kier molecular flexibility index (Phi) is 6.69. The number of carbonyl (C=O) groups is 2. The van der Waals surface area contributed by atoms with Gasteiger partial charge in [0.1, 0.15) is 10.1 Å². The van der Waals surface area contributed by atoms with Gasteiger partial charge in [-0.1, -0.05) is 30.0 Å². The minimum absolute atomic E-state index is 0.142. The molecule has 126 valence electrons. The van der Waals surface area contributed by atoms with Gasteiger partial charge in [0, 0.05) is 18.2 Å². The van der Waals surface area contributed by atoms with Gasteiger partial charge >= 0.3 is 5.97 Å². The van der Waals surface area contributed by atoms with Crippen LogP contribution in [0.4, 0.5) is 0 Å². The predicted octanol–water partition coefficient (Wildman–Crippen LogP) is 3.90. The van der Waals surface area contributed by atoms with E-state index in [-0.39, 0.29) is 5.12 Å². The molecule has 1 heterocycles. The van der Waals surface area contributed by atoms with Crippen molar-refractivity contribution in [3.8, 4) is 11.5 Å². The average molecular weight is 363 g/mol. The van der Waals surface area contributed by atoms with E-state index in [1.54, 1.807) is 30.4 Å². The zero-order valence-corrected chi connectivity index (χ0v) is 15.0. The lowest BCUT2D eigenvalue weighted by atomic mass is 10.1. The van der Waals surface area contributed by atoms with Crippen molar-refractivity contribution < 1.29 is 19.1 Å². The van der Waals surface area contributed by atoms with Crippen molar-refractivity contribution in [1.29, 1.82) is 0 Å². The van der Waals surface area contributed by atoms with Crippen molar-refractivity contribution in [1.82, 2.24) is 0 Å². The number of para-hydroxylation sites is 1. The minimum atomic E-state index is -0.459. The third kappa shape index (κ3) is 4.75. The summed E-state index contributed by atoms with van der Waals surface area (Å²) >= 11 is 2.54. The second kappa shape index (κ2) is 8.75. The van der Waals surface area contributed by atoms with Crippen molar-refractivity contribution in [2.75, 3.05) is 12.4 Å². The van der Waals surface area contributed by atoms with E-state index in [1.165, 1.54) is 18.7 Å². The van der Waals surface area contributed by atoms with Crippen LogP contribution in [-0.4, -0.2) is 27.8 Å².